The highest BCUT2D eigenvalue weighted by atomic mass is 16.5. The Labute approximate surface area is 126 Å². The summed E-state index contributed by atoms with van der Waals surface area (Å²) in [5, 5.41) is 3.46. The lowest BCUT2D eigenvalue weighted by atomic mass is 9.97. The molecule has 4 heteroatoms. The lowest BCUT2D eigenvalue weighted by Crippen LogP contribution is -2.25. The van der Waals surface area contributed by atoms with Crippen LogP contribution in [0.1, 0.15) is 41.0 Å². The maximum absolute atomic E-state index is 5.58. The van der Waals surface area contributed by atoms with Crippen LogP contribution in [0.3, 0.4) is 0 Å². The Balaban J connectivity index is 2.55. The highest BCUT2D eigenvalue weighted by molar-refractivity contribution is 5.47. The van der Waals surface area contributed by atoms with Gasteiger partial charge in [-0.05, 0) is 50.1 Å². The van der Waals surface area contributed by atoms with Crippen molar-refractivity contribution in [3.8, 4) is 5.75 Å². The van der Waals surface area contributed by atoms with Gasteiger partial charge in [-0.3, -0.25) is 0 Å². The lowest BCUT2D eigenvalue weighted by Gasteiger charge is -2.22. The van der Waals surface area contributed by atoms with E-state index in [2.05, 4.69) is 48.2 Å². The normalized spacial score (nSPS) is 12.2. The van der Waals surface area contributed by atoms with E-state index in [9.17, 15) is 0 Å². The molecule has 1 atom stereocenters. The second-order valence-corrected chi connectivity index (χ2v) is 5.31. The van der Waals surface area contributed by atoms with Crippen LogP contribution in [0.5, 0.6) is 5.75 Å². The smallest absolute Gasteiger partial charge is 0.149 e. The van der Waals surface area contributed by atoms with Gasteiger partial charge in [0, 0.05) is 18.0 Å². The summed E-state index contributed by atoms with van der Waals surface area (Å²) in [6.45, 7) is 9.08. The zero-order valence-corrected chi connectivity index (χ0v) is 13.4. The molecule has 0 spiro atoms. The Morgan fingerprint density at radius 1 is 1.10 bits per heavy atom. The number of nitrogens with one attached hydrogen (secondary N) is 1. The van der Waals surface area contributed by atoms with Crippen molar-refractivity contribution in [3.63, 3.8) is 0 Å². The van der Waals surface area contributed by atoms with E-state index in [1.807, 2.05) is 19.3 Å². The third-order valence-electron chi connectivity index (χ3n) is 3.47. The number of hydrogen-bond donors (Lipinski definition) is 1. The number of ether oxygens (including phenoxy) is 1. The second kappa shape index (κ2) is 6.68. The summed E-state index contributed by atoms with van der Waals surface area (Å²) in [6, 6.07) is 4.16. The maximum atomic E-state index is 5.58. The van der Waals surface area contributed by atoms with Crippen molar-refractivity contribution in [2.75, 3.05) is 13.7 Å². The summed E-state index contributed by atoms with van der Waals surface area (Å²) in [6.07, 6.45) is 3.70. The topological polar surface area (TPSA) is 47.0 Å². The molecule has 2 aromatic rings. The van der Waals surface area contributed by atoms with Gasteiger partial charge < -0.3 is 10.1 Å². The first kappa shape index (κ1) is 15.4. The van der Waals surface area contributed by atoms with E-state index < -0.39 is 0 Å². The molecule has 4 nitrogen and oxygen atoms in total. The molecule has 1 unspecified atom stereocenters. The molecule has 112 valence electrons. The van der Waals surface area contributed by atoms with Crippen LogP contribution in [0.2, 0.25) is 0 Å². The maximum Gasteiger partial charge on any atom is 0.149 e. The van der Waals surface area contributed by atoms with Crippen LogP contribution < -0.4 is 10.1 Å². The summed E-state index contributed by atoms with van der Waals surface area (Å²) in [5.74, 6) is 1.65. The van der Waals surface area contributed by atoms with Crippen LogP contribution in [-0.2, 0) is 0 Å². The van der Waals surface area contributed by atoms with Crippen LogP contribution in [-0.4, -0.2) is 23.6 Å². The minimum Gasteiger partial charge on any atom is -0.496 e. The highest BCUT2D eigenvalue weighted by Gasteiger charge is 2.22. The van der Waals surface area contributed by atoms with Gasteiger partial charge in [-0.1, -0.05) is 13.0 Å². The van der Waals surface area contributed by atoms with Gasteiger partial charge in [0.05, 0.1) is 13.2 Å². The Morgan fingerprint density at radius 3 is 2.33 bits per heavy atom. The van der Waals surface area contributed by atoms with E-state index in [1.54, 1.807) is 7.11 Å². The molecule has 0 fully saturated rings. The number of rotatable bonds is 5. The number of aromatic nitrogens is 2. The molecule has 0 saturated heterocycles. The zero-order chi connectivity index (χ0) is 15.4. The van der Waals surface area contributed by atoms with Crippen molar-refractivity contribution in [2.45, 2.75) is 33.7 Å². The third kappa shape index (κ3) is 3.39. The van der Waals surface area contributed by atoms with Crippen LogP contribution >= 0.6 is 0 Å². The molecule has 21 heavy (non-hydrogen) atoms. The molecule has 2 rings (SSSR count). The third-order valence-corrected chi connectivity index (χ3v) is 3.47. The molecular weight excluding hydrogens is 262 g/mol. The van der Waals surface area contributed by atoms with Crippen molar-refractivity contribution >= 4 is 0 Å². The van der Waals surface area contributed by atoms with Gasteiger partial charge in [-0.25, -0.2) is 9.97 Å². The summed E-state index contributed by atoms with van der Waals surface area (Å²) in [4.78, 5) is 8.97. The molecule has 0 aliphatic rings. The molecule has 1 N–H and O–H groups in total. The summed E-state index contributed by atoms with van der Waals surface area (Å²) >= 11 is 0. The molecule has 0 aliphatic heterocycles. The van der Waals surface area contributed by atoms with E-state index in [1.165, 1.54) is 11.1 Å². The van der Waals surface area contributed by atoms with Crippen molar-refractivity contribution in [2.24, 2.45) is 0 Å². The fourth-order valence-electron chi connectivity index (χ4n) is 2.56. The fourth-order valence-corrected chi connectivity index (χ4v) is 2.56. The highest BCUT2D eigenvalue weighted by Crippen LogP contribution is 2.32. The predicted molar refractivity (Wildman–Crippen MR) is 84.8 cm³/mol. The predicted octanol–water partition coefficient (Wildman–Crippen LogP) is 3.11. The first-order valence-corrected chi connectivity index (χ1v) is 7.23. The van der Waals surface area contributed by atoms with E-state index in [-0.39, 0.29) is 6.04 Å². The van der Waals surface area contributed by atoms with Gasteiger partial charge in [-0.15, -0.1) is 0 Å². The fraction of sp³-hybridized carbons (Fsp3) is 0.412. The Morgan fingerprint density at radius 2 is 1.76 bits per heavy atom. The number of methoxy groups -OCH3 is 1. The van der Waals surface area contributed by atoms with Gasteiger partial charge in [0.15, 0.2) is 0 Å². The molecule has 0 bridgehead atoms. The van der Waals surface area contributed by atoms with Crippen molar-refractivity contribution in [1.29, 1.82) is 0 Å². The standard InChI is InChI=1S/C17H23N3O/c1-6-18-16(17-19-9-12(3)10-20-17)15-13(4)7-11(2)8-14(15)21-5/h7-10,16,18H,6H2,1-5H3. The number of aryl methyl sites for hydroxylation is 3. The first-order chi connectivity index (χ1) is 10.1. The SMILES string of the molecule is CCNC(c1ncc(C)cn1)c1c(C)cc(C)cc1OC. The number of nitrogens with zero attached hydrogens (tertiary/aromatic N) is 2. The zero-order valence-electron chi connectivity index (χ0n) is 13.4. The molecule has 0 aliphatic carbocycles. The van der Waals surface area contributed by atoms with E-state index in [0.717, 1.165) is 29.2 Å². The molecule has 0 saturated carbocycles. The molecule has 1 aromatic carbocycles. The van der Waals surface area contributed by atoms with Crippen LogP contribution in [0.25, 0.3) is 0 Å². The van der Waals surface area contributed by atoms with Gasteiger partial charge >= 0.3 is 0 Å². The first-order valence-electron chi connectivity index (χ1n) is 7.23. The second-order valence-electron chi connectivity index (χ2n) is 5.31. The number of benzene rings is 1. The van der Waals surface area contributed by atoms with Gasteiger partial charge in [0.2, 0.25) is 0 Å². The molecule has 1 heterocycles. The van der Waals surface area contributed by atoms with E-state index in [4.69, 9.17) is 4.74 Å². The van der Waals surface area contributed by atoms with Crippen LogP contribution in [0, 0.1) is 20.8 Å². The van der Waals surface area contributed by atoms with Crippen molar-refractivity contribution in [3.05, 3.63) is 52.6 Å². The minimum absolute atomic E-state index is 0.0638. The average Bonchev–Trinajstić information content (AvgIpc) is 2.46. The Kier molecular flexibility index (Phi) is 4.91. The monoisotopic (exact) mass is 285 g/mol. The minimum atomic E-state index is -0.0638. The van der Waals surface area contributed by atoms with Gasteiger partial charge in [-0.2, -0.15) is 0 Å². The molecule has 1 aromatic heterocycles. The molecule has 0 radical (unpaired) electrons. The largest absolute Gasteiger partial charge is 0.496 e. The quantitative estimate of drug-likeness (QED) is 0.917. The van der Waals surface area contributed by atoms with Crippen LogP contribution in [0.15, 0.2) is 24.5 Å². The molecular formula is C17H23N3O. The van der Waals surface area contributed by atoms with Gasteiger partial charge in [0.1, 0.15) is 11.6 Å². The lowest BCUT2D eigenvalue weighted by molar-refractivity contribution is 0.402. The summed E-state index contributed by atoms with van der Waals surface area (Å²) < 4.78 is 5.58. The Bertz CT molecular complexity index is 608. The van der Waals surface area contributed by atoms with E-state index in [0.29, 0.717) is 0 Å². The summed E-state index contributed by atoms with van der Waals surface area (Å²) in [7, 11) is 1.71. The van der Waals surface area contributed by atoms with Crippen molar-refractivity contribution in [1.82, 2.24) is 15.3 Å². The van der Waals surface area contributed by atoms with E-state index >= 15 is 0 Å². The molecule has 0 amide bonds. The Hall–Kier alpha value is -1.94. The van der Waals surface area contributed by atoms with Gasteiger partial charge in [0.25, 0.3) is 0 Å². The van der Waals surface area contributed by atoms with Crippen molar-refractivity contribution < 1.29 is 4.74 Å². The summed E-state index contributed by atoms with van der Waals surface area (Å²) in [5.41, 5.74) is 4.53. The number of hydrogen-bond acceptors (Lipinski definition) is 4. The van der Waals surface area contributed by atoms with Crippen LogP contribution in [0.4, 0.5) is 0 Å². The average molecular weight is 285 g/mol.